The molecule has 8 heteroatoms. The minimum absolute atomic E-state index is 0.0832. The van der Waals surface area contributed by atoms with Gasteiger partial charge in [0, 0.05) is 43.0 Å². The molecule has 0 saturated carbocycles. The van der Waals surface area contributed by atoms with Crippen LogP contribution in [0.2, 0.25) is 0 Å². The van der Waals surface area contributed by atoms with Gasteiger partial charge in [-0.2, -0.15) is 0 Å². The summed E-state index contributed by atoms with van der Waals surface area (Å²) < 4.78 is 0.881. The van der Waals surface area contributed by atoms with Crippen LogP contribution in [0.5, 0.6) is 0 Å². The molecule has 1 saturated heterocycles. The fourth-order valence-corrected chi connectivity index (χ4v) is 3.05. The molecule has 0 radical (unpaired) electrons. The predicted octanol–water partition coefficient (Wildman–Crippen LogP) is 3.11. The van der Waals surface area contributed by atoms with Gasteiger partial charge in [0.25, 0.3) is 0 Å². The maximum absolute atomic E-state index is 12.1. The molecule has 1 N–H and O–H groups in total. The molecule has 2 aromatic heterocycles. The van der Waals surface area contributed by atoms with Crippen molar-refractivity contribution in [2.24, 2.45) is 0 Å². The van der Waals surface area contributed by atoms with E-state index < -0.39 is 0 Å². The minimum Gasteiger partial charge on any atom is -0.324 e. The van der Waals surface area contributed by atoms with Gasteiger partial charge in [0.1, 0.15) is 5.82 Å². The summed E-state index contributed by atoms with van der Waals surface area (Å²) in [6, 6.07) is -0.0832. The van der Waals surface area contributed by atoms with E-state index in [-0.39, 0.29) is 6.03 Å². The SMILES string of the molecule is O=C(Nc1nccs1)N1CCC(c2ncc(Br)cn2)CC1. The van der Waals surface area contributed by atoms with Crippen LogP contribution in [-0.4, -0.2) is 39.0 Å². The van der Waals surface area contributed by atoms with Gasteiger partial charge in [0.05, 0.1) is 4.47 Å². The lowest BCUT2D eigenvalue weighted by Gasteiger charge is -2.30. The molecule has 110 valence electrons. The molecular weight excluding hydrogens is 354 g/mol. The number of likely N-dealkylation sites (tertiary alicyclic amines) is 1. The lowest BCUT2D eigenvalue weighted by atomic mass is 9.96. The minimum atomic E-state index is -0.0832. The predicted molar refractivity (Wildman–Crippen MR) is 84.4 cm³/mol. The lowest BCUT2D eigenvalue weighted by Crippen LogP contribution is -2.40. The number of nitrogens with zero attached hydrogens (tertiary/aromatic N) is 4. The van der Waals surface area contributed by atoms with Gasteiger partial charge in [0.15, 0.2) is 5.13 Å². The number of aromatic nitrogens is 3. The first kappa shape index (κ1) is 14.4. The Morgan fingerprint density at radius 1 is 1.29 bits per heavy atom. The van der Waals surface area contributed by atoms with E-state index in [0.717, 1.165) is 23.1 Å². The summed E-state index contributed by atoms with van der Waals surface area (Å²) in [5.41, 5.74) is 0. The fraction of sp³-hybridized carbons (Fsp3) is 0.385. The van der Waals surface area contributed by atoms with Crippen molar-refractivity contribution in [3.05, 3.63) is 34.3 Å². The van der Waals surface area contributed by atoms with E-state index in [0.29, 0.717) is 24.1 Å². The molecule has 1 fully saturated rings. The number of nitrogens with one attached hydrogen (secondary N) is 1. The van der Waals surface area contributed by atoms with Gasteiger partial charge < -0.3 is 4.90 Å². The molecule has 0 spiro atoms. The van der Waals surface area contributed by atoms with Gasteiger partial charge >= 0.3 is 6.03 Å². The number of anilines is 1. The highest BCUT2D eigenvalue weighted by atomic mass is 79.9. The molecule has 0 atom stereocenters. The van der Waals surface area contributed by atoms with Crippen LogP contribution in [0.15, 0.2) is 28.4 Å². The van der Waals surface area contributed by atoms with Gasteiger partial charge in [0.2, 0.25) is 0 Å². The standard InChI is InChI=1S/C13H14BrN5OS/c14-10-7-16-11(17-8-10)9-1-4-19(5-2-9)13(20)18-12-15-3-6-21-12/h3,6-9H,1-2,4-5H2,(H,15,18,20). The van der Waals surface area contributed by atoms with Crippen molar-refractivity contribution in [2.45, 2.75) is 18.8 Å². The second-order valence-electron chi connectivity index (χ2n) is 4.79. The van der Waals surface area contributed by atoms with Crippen LogP contribution in [0, 0.1) is 0 Å². The second kappa shape index (κ2) is 6.48. The van der Waals surface area contributed by atoms with Crippen LogP contribution in [0.4, 0.5) is 9.93 Å². The van der Waals surface area contributed by atoms with E-state index in [4.69, 9.17) is 0 Å². The largest absolute Gasteiger partial charge is 0.324 e. The number of hydrogen-bond acceptors (Lipinski definition) is 5. The van der Waals surface area contributed by atoms with E-state index >= 15 is 0 Å². The van der Waals surface area contributed by atoms with Crippen molar-refractivity contribution >= 4 is 38.4 Å². The third-order valence-electron chi connectivity index (χ3n) is 3.43. The van der Waals surface area contributed by atoms with Crippen molar-refractivity contribution in [1.29, 1.82) is 0 Å². The Kier molecular flexibility index (Phi) is 4.45. The summed E-state index contributed by atoms with van der Waals surface area (Å²) in [4.78, 5) is 26.7. The molecule has 21 heavy (non-hydrogen) atoms. The van der Waals surface area contributed by atoms with Crippen molar-refractivity contribution in [2.75, 3.05) is 18.4 Å². The summed E-state index contributed by atoms with van der Waals surface area (Å²) in [7, 11) is 0. The number of piperidine rings is 1. The topological polar surface area (TPSA) is 71.0 Å². The van der Waals surface area contributed by atoms with E-state index in [1.807, 2.05) is 10.3 Å². The van der Waals surface area contributed by atoms with Crippen LogP contribution in [-0.2, 0) is 0 Å². The maximum atomic E-state index is 12.1. The number of thiazole rings is 1. The number of carbonyl (C=O) groups is 1. The summed E-state index contributed by atoms with van der Waals surface area (Å²) in [5, 5.41) is 5.29. The second-order valence-corrected chi connectivity index (χ2v) is 6.60. The maximum Gasteiger partial charge on any atom is 0.323 e. The first-order chi connectivity index (χ1) is 10.2. The van der Waals surface area contributed by atoms with Gasteiger partial charge in [-0.05, 0) is 28.8 Å². The summed E-state index contributed by atoms with van der Waals surface area (Å²) in [6.07, 6.45) is 6.98. The molecule has 0 aliphatic carbocycles. The van der Waals surface area contributed by atoms with E-state index in [1.54, 1.807) is 18.6 Å². The normalized spacial score (nSPS) is 16.0. The molecule has 3 heterocycles. The van der Waals surface area contributed by atoms with Crippen molar-refractivity contribution in [3.63, 3.8) is 0 Å². The van der Waals surface area contributed by atoms with Gasteiger partial charge in [-0.25, -0.2) is 19.7 Å². The van der Waals surface area contributed by atoms with Gasteiger partial charge in [-0.1, -0.05) is 0 Å². The quantitative estimate of drug-likeness (QED) is 0.884. The summed E-state index contributed by atoms with van der Waals surface area (Å²) in [5.74, 6) is 1.18. The van der Waals surface area contributed by atoms with E-state index in [2.05, 4.69) is 36.2 Å². The molecule has 2 aromatic rings. The first-order valence-corrected chi connectivity index (χ1v) is 8.32. The molecule has 0 bridgehead atoms. The molecular formula is C13H14BrN5OS. The average molecular weight is 368 g/mol. The zero-order valence-corrected chi connectivity index (χ0v) is 13.6. The van der Waals surface area contributed by atoms with Gasteiger partial charge in [-0.3, -0.25) is 5.32 Å². The number of halogens is 1. The zero-order chi connectivity index (χ0) is 14.7. The first-order valence-electron chi connectivity index (χ1n) is 6.65. The Morgan fingerprint density at radius 3 is 2.62 bits per heavy atom. The van der Waals surface area contributed by atoms with Crippen molar-refractivity contribution < 1.29 is 4.79 Å². The molecule has 2 amide bonds. The molecule has 6 nitrogen and oxygen atoms in total. The number of urea groups is 1. The Morgan fingerprint density at radius 2 is 2.00 bits per heavy atom. The van der Waals surface area contributed by atoms with Crippen LogP contribution < -0.4 is 5.32 Å². The zero-order valence-electron chi connectivity index (χ0n) is 11.2. The highest BCUT2D eigenvalue weighted by molar-refractivity contribution is 9.10. The lowest BCUT2D eigenvalue weighted by molar-refractivity contribution is 0.193. The van der Waals surface area contributed by atoms with Crippen LogP contribution >= 0.6 is 27.3 Å². The number of carbonyl (C=O) groups excluding carboxylic acids is 1. The highest BCUT2D eigenvalue weighted by Gasteiger charge is 2.25. The summed E-state index contributed by atoms with van der Waals surface area (Å²) in [6.45, 7) is 1.42. The molecule has 0 aromatic carbocycles. The Labute approximate surface area is 134 Å². The Balaban J connectivity index is 1.55. The number of amides is 2. The van der Waals surface area contributed by atoms with Crippen LogP contribution in [0.1, 0.15) is 24.6 Å². The Bertz CT molecular complexity index is 596. The Hall–Kier alpha value is -1.54. The van der Waals surface area contributed by atoms with Gasteiger partial charge in [-0.15, -0.1) is 11.3 Å². The van der Waals surface area contributed by atoms with E-state index in [1.165, 1.54) is 11.3 Å². The summed E-state index contributed by atoms with van der Waals surface area (Å²) >= 11 is 4.76. The van der Waals surface area contributed by atoms with Crippen LogP contribution in [0.25, 0.3) is 0 Å². The highest BCUT2D eigenvalue weighted by Crippen LogP contribution is 2.26. The molecule has 0 unspecified atom stereocenters. The number of rotatable bonds is 2. The molecule has 1 aliphatic rings. The third kappa shape index (κ3) is 3.56. The molecule has 1 aliphatic heterocycles. The monoisotopic (exact) mass is 367 g/mol. The number of hydrogen-bond donors (Lipinski definition) is 1. The van der Waals surface area contributed by atoms with Crippen molar-refractivity contribution in [1.82, 2.24) is 19.9 Å². The van der Waals surface area contributed by atoms with E-state index in [9.17, 15) is 4.79 Å². The average Bonchev–Trinajstić information content (AvgIpc) is 3.01. The van der Waals surface area contributed by atoms with Crippen molar-refractivity contribution in [3.8, 4) is 0 Å². The third-order valence-corrected chi connectivity index (χ3v) is 4.53. The molecule has 3 rings (SSSR count). The van der Waals surface area contributed by atoms with Crippen LogP contribution in [0.3, 0.4) is 0 Å². The fourth-order valence-electron chi connectivity index (χ4n) is 2.33. The smallest absolute Gasteiger partial charge is 0.323 e.